The Labute approximate surface area is 107 Å². The van der Waals surface area contributed by atoms with Crippen LogP contribution in [0.25, 0.3) is 0 Å². The number of hydrogen-bond acceptors (Lipinski definition) is 2. The fraction of sp³-hybridized carbons (Fsp3) is 0.462. The second kappa shape index (κ2) is 6.03. The van der Waals surface area contributed by atoms with Gasteiger partial charge in [0.05, 0.1) is 6.10 Å². The molecule has 0 heterocycles. The zero-order valence-electron chi connectivity index (χ0n) is 10.3. The molecule has 1 unspecified atom stereocenters. The van der Waals surface area contributed by atoms with Crippen LogP contribution < -0.4 is 5.32 Å². The number of hydrogen-bond donors (Lipinski definition) is 2. The highest BCUT2D eigenvalue weighted by atomic mass is 35.5. The predicted molar refractivity (Wildman–Crippen MR) is 69.4 cm³/mol. The third-order valence-corrected chi connectivity index (χ3v) is 3.16. The smallest absolute Gasteiger partial charge is 0.251 e. The summed E-state index contributed by atoms with van der Waals surface area (Å²) < 4.78 is 0. The molecule has 0 aromatic heterocycles. The fourth-order valence-electron chi connectivity index (χ4n) is 1.38. The van der Waals surface area contributed by atoms with Crippen LogP contribution >= 0.6 is 11.6 Å². The van der Waals surface area contributed by atoms with Crippen molar-refractivity contribution < 1.29 is 9.90 Å². The van der Waals surface area contributed by atoms with Crippen molar-refractivity contribution in [1.82, 2.24) is 5.32 Å². The van der Waals surface area contributed by atoms with Crippen LogP contribution in [0.1, 0.15) is 29.8 Å². The minimum atomic E-state index is -0.529. The quantitative estimate of drug-likeness (QED) is 0.868. The number of rotatable bonds is 4. The third-order valence-electron chi connectivity index (χ3n) is 2.75. The van der Waals surface area contributed by atoms with Crippen molar-refractivity contribution in [2.24, 2.45) is 5.92 Å². The van der Waals surface area contributed by atoms with Gasteiger partial charge in [-0.15, -0.1) is 0 Å². The molecule has 1 aromatic rings. The van der Waals surface area contributed by atoms with E-state index in [9.17, 15) is 9.90 Å². The van der Waals surface area contributed by atoms with Gasteiger partial charge in [0.25, 0.3) is 5.91 Å². The lowest BCUT2D eigenvalue weighted by molar-refractivity contribution is 0.0871. The molecule has 1 atom stereocenters. The molecule has 0 saturated heterocycles. The van der Waals surface area contributed by atoms with Crippen LogP contribution in [-0.4, -0.2) is 23.7 Å². The van der Waals surface area contributed by atoms with Crippen LogP contribution in [0.3, 0.4) is 0 Å². The van der Waals surface area contributed by atoms with Crippen molar-refractivity contribution in [3.8, 4) is 0 Å². The molecule has 2 N–H and O–H groups in total. The van der Waals surface area contributed by atoms with Gasteiger partial charge in [-0.25, -0.2) is 0 Å². The molecule has 4 heteroatoms. The molecule has 0 radical (unpaired) electrons. The monoisotopic (exact) mass is 255 g/mol. The van der Waals surface area contributed by atoms with Gasteiger partial charge in [-0.05, 0) is 30.5 Å². The van der Waals surface area contributed by atoms with E-state index in [-0.39, 0.29) is 18.4 Å². The molecular formula is C13H18ClNO2. The van der Waals surface area contributed by atoms with Gasteiger partial charge >= 0.3 is 0 Å². The van der Waals surface area contributed by atoms with E-state index < -0.39 is 6.10 Å². The number of carbonyl (C=O) groups is 1. The highest BCUT2D eigenvalue weighted by Gasteiger charge is 2.14. The second-order valence-electron chi connectivity index (χ2n) is 4.43. The average molecular weight is 256 g/mol. The number of amides is 1. The van der Waals surface area contributed by atoms with Gasteiger partial charge in [0.15, 0.2) is 0 Å². The molecule has 3 nitrogen and oxygen atoms in total. The van der Waals surface area contributed by atoms with E-state index in [4.69, 9.17) is 11.6 Å². The van der Waals surface area contributed by atoms with Crippen LogP contribution in [0, 0.1) is 12.8 Å². The topological polar surface area (TPSA) is 49.3 Å². The normalized spacial score (nSPS) is 12.6. The van der Waals surface area contributed by atoms with E-state index in [2.05, 4.69) is 5.32 Å². The minimum Gasteiger partial charge on any atom is -0.391 e. The van der Waals surface area contributed by atoms with E-state index in [1.165, 1.54) is 0 Å². The summed E-state index contributed by atoms with van der Waals surface area (Å²) in [5.41, 5.74) is 1.30. The molecule has 17 heavy (non-hydrogen) atoms. The lowest BCUT2D eigenvalue weighted by Crippen LogP contribution is -2.35. The summed E-state index contributed by atoms with van der Waals surface area (Å²) >= 11 is 5.94. The Morgan fingerprint density at radius 1 is 1.47 bits per heavy atom. The Morgan fingerprint density at radius 2 is 2.12 bits per heavy atom. The van der Waals surface area contributed by atoms with Crippen molar-refractivity contribution in [2.45, 2.75) is 26.9 Å². The maximum atomic E-state index is 11.9. The molecule has 1 amide bonds. The Balaban J connectivity index is 2.68. The fourth-order valence-corrected chi connectivity index (χ4v) is 1.56. The Morgan fingerprint density at radius 3 is 2.71 bits per heavy atom. The van der Waals surface area contributed by atoms with Crippen LogP contribution in [0.4, 0.5) is 0 Å². The van der Waals surface area contributed by atoms with Gasteiger partial charge in [0, 0.05) is 17.1 Å². The predicted octanol–water partition coefficient (Wildman–Crippen LogP) is 2.40. The van der Waals surface area contributed by atoms with Gasteiger partial charge < -0.3 is 10.4 Å². The van der Waals surface area contributed by atoms with E-state index in [1.807, 2.05) is 13.8 Å². The first-order valence-electron chi connectivity index (χ1n) is 5.65. The third kappa shape index (κ3) is 3.72. The summed E-state index contributed by atoms with van der Waals surface area (Å²) in [6.45, 7) is 5.86. The number of aliphatic hydroxyl groups is 1. The SMILES string of the molecule is Cc1c(Cl)cccc1C(=O)NCC(O)C(C)C. The molecule has 0 spiro atoms. The highest BCUT2D eigenvalue weighted by Crippen LogP contribution is 2.18. The van der Waals surface area contributed by atoms with Gasteiger partial charge in [0.1, 0.15) is 0 Å². The zero-order valence-corrected chi connectivity index (χ0v) is 11.1. The summed E-state index contributed by atoms with van der Waals surface area (Å²) in [5, 5.41) is 12.9. The first-order valence-corrected chi connectivity index (χ1v) is 6.02. The molecule has 0 aliphatic rings. The van der Waals surface area contributed by atoms with Gasteiger partial charge in [0.2, 0.25) is 0 Å². The van der Waals surface area contributed by atoms with Crippen LogP contribution in [0.2, 0.25) is 5.02 Å². The van der Waals surface area contributed by atoms with Crippen molar-refractivity contribution in [3.05, 3.63) is 34.3 Å². The van der Waals surface area contributed by atoms with E-state index in [1.54, 1.807) is 25.1 Å². The number of halogens is 1. The van der Waals surface area contributed by atoms with E-state index >= 15 is 0 Å². The van der Waals surface area contributed by atoms with Gasteiger partial charge in [-0.2, -0.15) is 0 Å². The van der Waals surface area contributed by atoms with Crippen LogP contribution in [0.15, 0.2) is 18.2 Å². The maximum absolute atomic E-state index is 11.9. The van der Waals surface area contributed by atoms with E-state index in [0.29, 0.717) is 10.6 Å². The Bertz CT molecular complexity index is 404. The first-order chi connectivity index (χ1) is 7.93. The van der Waals surface area contributed by atoms with Crippen LogP contribution in [0.5, 0.6) is 0 Å². The van der Waals surface area contributed by atoms with Crippen molar-refractivity contribution >= 4 is 17.5 Å². The number of aliphatic hydroxyl groups excluding tert-OH is 1. The summed E-state index contributed by atoms with van der Waals surface area (Å²) in [6.07, 6.45) is -0.529. The minimum absolute atomic E-state index is 0.121. The van der Waals surface area contributed by atoms with Gasteiger partial charge in [-0.1, -0.05) is 31.5 Å². The second-order valence-corrected chi connectivity index (χ2v) is 4.84. The molecule has 1 rings (SSSR count). The number of carbonyl (C=O) groups excluding carboxylic acids is 1. The lowest BCUT2D eigenvalue weighted by Gasteiger charge is -2.15. The van der Waals surface area contributed by atoms with Crippen molar-refractivity contribution in [2.75, 3.05) is 6.54 Å². The Hall–Kier alpha value is -1.06. The summed E-state index contributed by atoms with van der Waals surface area (Å²) in [6, 6.07) is 5.21. The summed E-state index contributed by atoms with van der Waals surface area (Å²) in [4.78, 5) is 11.9. The summed E-state index contributed by atoms with van der Waals surface area (Å²) in [5.74, 6) is -0.0829. The van der Waals surface area contributed by atoms with Gasteiger partial charge in [-0.3, -0.25) is 4.79 Å². The molecule has 0 aliphatic heterocycles. The van der Waals surface area contributed by atoms with Crippen molar-refractivity contribution in [1.29, 1.82) is 0 Å². The number of nitrogens with one attached hydrogen (secondary N) is 1. The van der Waals surface area contributed by atoms with Crippen molar-refractivity contribution in [3.63, 3.8) is 0 Å². The highest BCUT2D eigenvalue weighted by molar-refractivity contribution is 6.31. The molecule has 94 valence electrons. The number of benzene rings is 1. The zero-order chi connectivity index (χ0) is 13.0. The average Bonchev–Trinajstić information content (AvgIpc) is 2.29. The molecule has 0 bridgehead atoms. The van der Waals surface area contributed by atoms with Crippen LogP contribution in [-0.2, 0) is 0 Å². The molecule has 0 saturated carbocycles. The largest absolute Gasteiger partial charge is 0.391 e. The Kier molecular flexibility index (Phi) is 4.97. The summed E-state index contributed by atoms with van der Waals surface area (Å²) in [7, 11) is 0. The first kappa shape index (κ1) is 14.0. The molecule has 0 fully saturated rings. The molecular weight excluding hydrogens is 238 g/mol. The van der Waals surface area contributed by atoms with E-state index in [0.717, 1.165) is 5.56 Å². The molecule has 1 aromatic carbocycles. The lowest BCUT2D eigenvalue weighted by atomic mass is 10.1. The standard InChI is InChI=1S/C13H18ClNO2/c1-8(2)12(16)7-15-13(17)10-5-4-6-11(14)9(10)3/h4-6,8,12,16H,7H2,1-3H3,(H,15,17). The maximum Gasteiger partial charge on any atom is 0.251 e. The molecule has 0 aliphatic carbocycles.